The van der Waals surface area contributed by atoms with Gasteiger partial charge in [0, 0.05) is 23.0 Å². The minimum Gasteiger partial charge on any atom is -0.325 e. The van der Waals surface area contributed by atoms with Gasteiger partial charge in [-0.25, -0.2) is 8.42 Å². The maximum atomic E-state index is 11.7. The Morgan fingerprint density at radius 2 is 2.05 bits per heavy atom. The van der Waals surface area contributed by atoms with Gasteiger partial charge in [-0.1, -0.05) is 24.6 Å². The summed E-state index contributed by atoms with van der Waals surface area (Å²) in [6.45, 7) is 3.79. The van der Waals surface area contributed by atoms with Gasteiger partial charge in [0.25, 0.3) is 0 Å². The molecule has 0 radical (unpaired) electrons. The van der Waals surface area contributed by atoms with Crippen molar-refractivity contribution < 1.29 is 13.2 Å². The van der Waals surface area contributed by atoms with Crippen molar-refractivity contribution in [1.29, 1.82) is 0 Å². The molecule has 1 amide bonds. The summed E-state index contributed by atoms with van der Waals surface area (Å²) in [4.78, 5) is 11.7. The monoisotopic (exact) mass is 318 g/mol. The number of rotatable bonds is 7. The zero-order valence-corrected chi connectivity index (χ0v) is 13.1. The van der Waals surface area contributed by atoms with Crippen LogP contribution in [0.15, 0.2) is 18.2 Å². The van der Waals surface area contributed by atoms with E-state index in [0.29, 0.717) is 10.7 Å². The highest BCUT2D eigenvalue weighted by Crippen LogP contribution is 2.19. The van der Waals surface area contributed by atoms with Gasteiger partial charge in [-0.2, -0.15) is 0 Å². The predicted octanol–water partition coefficient (Wildman–Crippen LogP) is 1.61. The second-order valence-electron chi connectivity index (χ2n) is 4.42. The molecular formula is C13H19ClN2O3S. The van der Waals surface area contributed by atoms with Crippen LogP contribution in [-0.2, 0) is 14.6 Å². The van der Waals surface area contributed by atoms with Gasteiger partial charge in [0.15, 0.2) is 9.84 Å². The SMILES string of the molecule is CCS(=O)(=O)CCNCC(=O)Nc1cc(Cl)ccc1C. The topological polar surface area (TPSA) is 75.3 Å². The van der Waals surface area contributed by atoms with Crippen LogP contribution in [0, 0.1) is 6.92 Å². The maximum Gasteiger partial charge on any atom is 0.238 e. The second kappa shape index (κ2) is 7.61. The lowest BCUT2D eigenvalue weighted by Gasteiger charge is -2.09. The van der Waals surface area contributed by atoms with E-state index in [1.54, 1.807) is 19.1 Å². The number of carbonyl (C=O) groups is 1. The van der Waals surface area contributed by atoms with Crippen molar-refractivity contribution in [3.05, 3.63) is 28.8 Å². The zero-order chi connectivity index (χ0) is 15.2. The van der Waals surface area contributed by atoms with E-state index < -0.39 is 9.84 Å². The molecule has 20 heavy (non-hydrogen) atoms. The number of benzene rings is 1. The number of hydrogen-bond donors (Lipinski definition) is 2. The molecule has 0 heterocycles. The lowest BCUT2D eigenvalue weighted by molar-refractivity contribution is -0.115. The summed E-state index contributed by atoms with van der Waals surface area (Å²) in [6.07, 6.45) is 0. The molecule has 112 valence electrons. The second-order valence-corrected chi connectivity index (χ2v) is 7.33. The van der Waals surface area contributed by atoms with Crippen LogP contribution < -0.4 is 10.6 Å². The molecule has 0 aliphatic carbocycles. The van der Waals surface area contributed by atoms with E-state index >= 15 is 0 Å². The molecule has 1 aromatic carbocycles. The highest BCUT2D eigenvalue weighted by Gasteiger charge is 2.08. The van der Waals surface area contributed by atoms with Crippen molar-refractivity contribution in [1.82, 2.24) is 5.32 Å². The summed E-state index contributed by atoms with van der Waals surface area (Å²) < 4.78 is 22.5. The predicted molar refractivity (Wildman–Crippen MR) is 82.0 cm³/mol. The Kier molecular flexibility index (Phi) is 6.45. The quantitative estimate of drug-likeness (QED) is 0.749. The summed E-state index contributed by atoms with van der Waals surface area (Å²) in [5.41, 5.74) is 1.57. The molecular weight excluding hydrogens is 300 g/mol. The fourth-order valence-corrected chi connectivity index (χ4v) is 2.41. The van der Waals surface area contributed by atoms with E-state index in [-0.39, 0.29) is 30.5 Å². The van der Waals surface area contributed by atoms with Crippen LogP contribution in [0.2, 0.25) is 5.02 Å². The molecule has 0 aliphatic heterocycles. The Labute approximate surface area is 124 Å². The number of nitrogens with one attached hydrogen (secondary N) is 2. The van der Waals surface area contributed by atoms with Crippen LogP contribution in [0.1, 0.15) is 12.5 Å². The van der Waals surface area contributed by atoms with Crippen LogP contribution in [0.4, 0.5) is 5.69 Å². The number of aryl methyl sites for hydroxylation is 1. The van der Waals surface area contributed by atoms with Crippen LogP contribution in [0.25, 0.3) is 0 Å². The summed E-state index contributed by atoms with van der Waals surface area (Å²) >= 11 is 5.86. The Bertz CT molecular complexity index is 573. The third-order valence-corrected chi connectivity index (χ3v) is 4.73. The van der Waals surface area contributed by atoms with Crippen molar-refractivity contribution in [3.63, 3.8) is 0 Å². The van der Waals surface area contributed by atoms with E-state index in [2.05, 4.69) is 10.6 Å². The molecule has 0 spiro atoms. The average molecular weight is 319 g/mol. The number of hydrogen-bond acceptors (Lipinski definition) is 4. The summed E-state index contributed by atoms with van der Waals surface area (Å²) in [5, 5.41) is 6.08. The van der Waals surface area contributed by atoms with E-state index in [4.69, 9.17) is 11.6 Å². The van der Waals surface area contributed by atoms with E-state index in [0.717, 1.165) is 5.56 Å². The minimum absolute atomic E-state index is 0.0347. The van der Waals surface area contributed by atoms with Crippen LogP contribution in [-0.4, -0.2) is 38.9 Å². The molecule has 0 atom stereocenters. The first kappa shape index (κ1) is 16.9. The number of carbonyl (C=O) groups excluding carboxylic acids is 1. The van der Waals surface area contributed by atoms with Gasteiger partial charge in [0.2, 0.25) is 5.91 Å². The fourth-order valence-electron chi connectivity index (χ4n) is 1.50. The van der Waals surface area contributed by atoms with Crippen molar-refractivity contribution >= 4 is 33.0 Å². The molecule has 0 saturated heterocycles. The molecule has 0 unspecified atom stereocenters. The molecule has 1 aromatic rings. The Morgan fingerprint density at radius 1 is 1.35 bits per heavy atom. The molecule has 0 bridgehead atoms. The Balaban J connectivity index is 2.39. The maximum absolute atomic E-state index is 11.7. The minimum atomic E-state index is -3.00. The van der Waals surface area contributed by atoms with Gasteiger partial charge >= 0.3 is 0 Å². The van der Waals surface area contributed by atoms with Crippen LogP contribution in [0.3, 0.4) is 0 Å². The van der Waals surface area contributed by atoms with E-state index in [9.17, 15) is 13.2 Å². The first-order chi connectivity index (χ1) is 9.34. The van der Waals surface area contributed by atoms with Gasteiger partial charge in [0.05, 0.1) is 12.3 Å². The lowest BCUT2D eigenvalue weighted by Crippen LogP contribution is -2.32. The van der Waals surface area contributed by atoms with Crippen molar-refractivity contribution in [2.75, 3.05) is 29.9 Å². The van der Waals surface area contributed by atoms with Crippen molar-refractivity contribution in [2.45, 2.75) is 13.8 Å². The van der Waals surface area contributed by atoms with Gasteiger partial charge in [-0.3, -0.25) is 4.79 Å². The van der Waals surface area contributed by atoms with Gasteiger partial charge in [-0.15, -0.1) is 0 Å². The number of sulfone groups is 1. The lowest BCUT2D eigenvalue weighted by atomic mass is 10.2. The Morgan fingerprint density at radius 3 is 2.70 bits per heavy atom. The van der Waals surface area contributed by atoms with Gasteiger partial charge in [-0.05, 0) is 24.6 Å². The van der Waals surface area contributed by atoms with Crippen molar-refractivity contribution in [2.24, 2.45) is 0 Å². The third-order valence-electron chi connectivity index (χ3n) is 2.79. The van der Waals surface area contributed by atoms with Crippen molar-refractivity contribution in [3.8, 4) is 0 Å². The summed E-state index contributed by atoms with van der Waals surface area (Å²) in [5.74, 6) is -0.0838. The first-order valence-corrected chi connectivity index (χ1v) is 8.51. The van der Waals surface area contributed by atoms with Gasteiger partial charge < -0.3 is 10.6 Å². The summed E-state index contributed by atoms with van der Waals surface area (Å²) in [7, 11) is -3.00. The number of amides is 1. The zero-order valence-electron chi connectivity index (χ0n) is 11.6. The highest BCUT2D eigenvalue weighted by molar-refractivity contribution is 7.91. The molecule has 7 heteroatoms. The third kappa shape index (κ3) is 5.90. The molecule has 0 aromatic heterocycles. The smallest absolute Gasteiger partial charge is 0.238 e. The number of anilines is 1. The standard InChI is InChI=1S/C13H19ClN2O3S/c1-3-20(18,19)7-6-15-9-13(17)16-12-8-11(14)5-4-10(12)2/h4-5,8,15H,3,6-7,9H2,1-2H3,(H,16,17). The molecule has 0 saturated carbocycles. The molecule has 0 aliphatic rings. The highest BCUT2D eigenvalue weighted by atomic mass is 35.5. The first-order valence-electron chi connectivity index (χ1n) is 6.31. The van der Waals surface area contributed by atoms with E-state index in [1.807, 2.05) is 13.0 Å². The molecule has 0 fully saturated rings. The Hall–Kier alpha value is -1.11. The van der Waals surface area contributed by atoms with Crippen LogP contribution >= 0.6 is 11.6 Å². The average Bonchev–Trinajstić information content (AvgIpc) is 2.39. The normalized spacial score (nSPS) is 11.3. The fraction of sp³-hybridized carbons (Fsp3) is 0.462. The largest absolute Gasteiger partial charge is 0.325 e. The number of halogens is 1. The molecule has 5 nitrogen and oxygen atoms in total. The van der Waals surface area contributed by atoms with Crippen LogP contribution in [0.5, 0.6) is 0 Å². The van der Waals surface area contributed by atoms with E-state index in [1.165, 1.54) is 0 Å². The molecule has 1 rings (SSSR count). The van der Waals surface area contributed by atoms with Gasteiger partial charge in [0.1, 0.15) is 0 Å². The summed E-state index contributed by atoms with van der Waals surface area (Å²) in [6, 6.07) is 5.25. The molecule has 2 N–H and O–H groups in total.